The van der Waals surface area contributed by atoms with Crippen LogP contribution in [0.25, 0.3) is 11.5 Å². The van der Waals surface area contributed by atoms with Gasteiger partial charge in [-0.15, -0.1) is 0 Å². The Labute approximate surface area is 174 Å². The lowest BCUT2D eigenvalue weighted by molar-refractivity contribution is -0.135. The number of carbonyl (C=O) groups excluding carboxylic acids is 1. The maximum atomic E-state index is 13.1. The third-order valence-electron chi connectivity index (χ3n) is 5.18. The number of aromatic amines is 1. The zero-order chi connectivity index (χ0) is 21.1. The molecule has 0 saturated carbocycles. The van der Waals surface area contributed by atoms with Crippen LogP contribution in [0.3, 0.4) is 0 Å². The molecule has 3 aromatic rings. The van der Waals surface area contributed by atoms with E-state index in [0.717, 1.165) is 17.5 Å². The van der Waals surface area contributed by atoms with E-state index in [9.17, 15) is 9.59 Å². The Bertz CT molecular complexity index is 1090. The van der Waals surface area contributed by atoms with Crippen molar-refractivity contribution in [3.8, 4) is 11.5 Å². The standard InChI is InChI=1S/C23H24N4O3/c1-14(2)20(18-13-19(28)26-22(25-18)17-9-5-6-11-24-17)27-23(29)21-16-8-4-3-7-15(16)10-12-30-21/h3-9,11,13-14,20-21H,10,12H2,1-2H3,(H,27,29)(H,25,26,28)/t20-,21-/m0/s1. The molecule has 1 aliphatic rings. The van der Waals surface area contributed by atoms with Crippen LogP contribution in [0.2, 0.25) is 0 Å². The molecule has 0 radical (unpaired) electrons. The quantitative estimate of drug-likeness (QED) is 0.681. The number of nitrogens with zero attached hydrogens (tertiary/aromatic N) is 2. The van der Waals surface area contributed by atoms with Gasteiger partial charge in [0.2, 0.25) is 0 Å². The highest BCUT2D eigenvalue weighted by Crippen LogP contribution is 2.29. The summed E-state index contributed by atoms with van der Waals surface area (Å²) < 4.78 is 5.79. The molecule has 1 amide bonds. The molecule has 0 bridgehead atoms. The molecule has 4 rings (SSSR count). The van der Waals surface area contributed by atoms with Crippen molar-refractivity contribution in [3.05, 3.63) is 81.9 Å². The summed E-state index contributed by atoms with van der Waals surface area (Å²) in [4.78, 5) is 37.0. The normalized spacial score (nSPS) is 16.7. The van der Waals surface area contributed by atoms with Crippen LogP contribution in [0.15, 0.2) is 59.5 Å². The summed E-state index contributed by atoms with van der Waals surface area (Å²) in [6, 6.07) is 14.2. The highest BCUT2D eigenvalue weighted by atomic mass is 16.5. The first-order valence-electron chi connectivity index (χ1n) is 10.1. The maximum Gasteiger partial charge on any atom is 0.254 e. The molecule has 2 aromatic heterocycles. The fraction of sp³-hybridized carbons (Fsp3) is 0.304. The van der Waals surface area contributed by atoms with E-state index in [1.165, 1.54) is 6.07 Å². The van der Waals surface area contributed by atoms with Gasteiger partial charge >= 0.3 is 0 Å². The molecule has 1 aliphatic heterocycles. The first-order chi connectivity index (χ1) is 14.5. The van der Waals surface area contributed by atoms with Gasteiger partial charge in [-0.3, -0.25) is 14.6 Å². The molecule has 30 heavy (non-hydrogen) atoms. The Morgan fingerprint density at radius 1 is 1.20 bits per heavy atom. The zero-order valence-electron chi connectivity index (χ0n) is 17.0. The van der Waals surface area contributed by atoms with Crippen molar-refractivity contribution in [1.29, 1.82) is 0 Å². The van der Waals surface area contributed by atoms with Gasteiger partial charge in [-0.2, -0.15) is 0 Å². The Morgan fingerprint density at radius 2 is 2.00 bits per heavy atom. The molecule has 1 aromatic carbocycles. The molecular weight excluding hydrogens is 380 g/mol. The van der Waals surface area contributed by atoms with E-state index in [0.29, 0.717) is 23.8 Å². The Morgan fingerprint density at radius 3 is 2.77 bits per heavy atom. The average molecular weight is 404 g/mol. The number of rotatable bonds is 5. The number of benzene rings is 1. The molecule has 2 N–H and O–H groups in total. The van der Waals surface area contributed by atoms with Crippen molar-refractivity contribution in [2.24, 2.45) is 5.92 Å². The number of hydrogen-bond acceptors (Lipinski definition) is 5. The molecule has 0 spiro atoms. The number of hydrogen-bond donors (Lipinski definition) is 2. The van der Waals surface area contributed by atoms with Crippen molar-refractivity contribution in [1.82, 2.24) is 20.3 Å². The van der Waals surface area contributed by atoms with Gasteiger partial charge in [0, 0.05) is 12.3 Å². The second-order valence-corrected chi connectivity index (χ2v) is 7.66. The van der Waals surface area contributed by atoms with E-state index < -0.39 is 12.1 Å². The van der Waals surface area contributed by atoms with E-state index in [1.54, 1.807) is 18.3 Å². The van der Waals surface area contributed by atoms with E-state index in [1.807, 2.05) is 44.2 Å². The molecule has 2 atom stereocenters. The molecular formula is C23H24N4O3. The van der Waals surface area contributed by atoms with Gasteiger partial charge in [-0.1, -0.05) is 44.2 Å². The second-order valence-electron chi connectivity index (χ2n) is 7.66. The summed E-state index contributed by atoms with van der Waals surface area (Å²) in [7, 11) is 0. The van der Waals surface area contributed by atoms with Crippen LogP contribution in [0.4, 0.5) is 0 Å². The minimum Gasteiger partial charge on any atom is -0.363 e. The zero-order valence-corrected chi connectivity index (χ0v) is 17.0. The van der Waals surface area contributed by atoms with Gasteiger partial charge in [-0.05, 0) is 35.6 Å². The summed E-state index contributed by atoms with van der Waals surface area (Å²) in [6.07, 6.45) is 1.76. The van der Waals surface area contributed by atoms with E-state index >= 15 is 0 Å². The lowest BCUT2D eigenvalue weighted by atomic mass is 9.95. The fourth-order valence-electron chi connectivity index (χ4n) is 3.68. The SMILES string of the molecule is CC(C)[C@H](NC(=O)[C@H]1OCCc2ccccc21)c1cc(=O)[nH]c(-c2ccccn2)n1. The van der Waals surface area contributed by atoms with E-state index in [2.05, 4.69) is 20.3 Å². The molecule has 0 aliphatic carbocycles. The van der Waals surface area contributed by atoms with Gasteiger partial charge < -0.3 is 15.0 Å². The monoisotopic (exact) mass is 404 g/mol. The average Bonchev–Trinajstić information content (AvgIpc) is 2.77. The smallest absolute Gasteiger partial charge is 0.254 e. The molecule has 0 fully saturated rings. The largest absolute Gasteiger partial charge is 0.363 e. The highest BCUT2D eigenvalue weighted by Gasteiger charge is 2.30. The van der Waals surface area contributed by atoms with Crippen LogP contribution >= 0.6 is 0 Å². The molecule has 7 nitrogen and oxygen atoms in total. The minimum absolute atomic E-state index is 0.0127. The Balaban J connectivity index is 1.64. The van der Waals surface area contributed by atoms with Gasteiger partial charge in [-0.25, -0.2) is 4.98 Å². The summed E-state index contributed by atoms with van der Waals surface area (Å²) in [5.74, 6) is 0.151. The van der Waals surface area contributed by atoms with Crippen molar-refractivity contribution in [2.45, 2.75) is 32.4 Å². The lowest BCUT2D eigenvalue weighted by Gasteiger charge is -2.28. The summed E-state index contributed by atoms with van der Waals surface area (Å²) in [5, 5.41) is 3.05. The van der Waals surface area contributed by atoms with Gasteiger partial charge in [0.15, 0.2) is 11.9 Å². The van der Waals surface area contributed by atoms with Crippen molar-refractivity contribution >= 4 is 5.91 Å². The Hall–Kier alpha value is -3.32. The van der Waals surface area contributed by atoms with Gasteiger partial charge in [0.25, 0.3) is 11.5 Å². The van der Waals surface area contributed by atoms with Crippen molar-refractivity contribution in [2.75, 3.05) is 6.61 Å². The number of pyridine rings is 1. The molecule has 7 heteroatoms. The third kappa shape index (κ3) is 4.16. The summed E-state index contributed by atoms with van der Waals surface area (Å²) in [6.45, 7) is 4.45. The molecule has 0 unspecified atom stereocenters. The molecule has 0 saturated heterocycles. The third-order valence-corrected chi connectivity index (χ3v) is 5.18. The number of fused-ring (bicyclic) bond motifs is 1. The minimum atomic E-state index is -0.673. The maximum absolute atomic E-state index is 13.1. The van der Waals surface area contributed by atoms with E-state index in [4.69, 9.17) is 4.74 Å². The number of H-pyrrole nitrogens is 1. The number of ether oxygens (including phenoxy) is 1. The van der Waals surface area contributed by atoms with Crippen LogP contribution in [0.5, 0.6) is 0 Å². The number of amides is 1. The molecule has 154 valence electrons. The number of nitrogens with one attached hydrogen (secondary N) is 2. The fourth-order valence-corrected chi connectivity index (χ4v) is 3.68. The van der Waals surface area contributed by atoms with Crippen molar-refractivity contribution < 1.29 is 9.53 Å². The lowest BCUT2D eigenvalue weighted by Crippen LogP contribution is -2.38. The predicted molar refractivity (Wildman–Crippen MR) is 113 cm³/mol. The van der Waals surface area contributed by atoms with Gasteiger partial charge in [0.1, 0.15) is 5.69 Å². The first kappa shape index (κ1) is 20.0. The van der Waals surface area contributed by atoms with Crippen LogP contribution in [-0.4, -0.2) is 27.5 Å². The topological polar surface area (TPSA) is 97.0 Å². The van der Waals surface area contributed by atoms with Crippen LogP contribution in [0, 0.1) is 5.92 Å². The van der Waals surface area contributed by atoms with Crippen molar-refractivity contribution in [3.63, 3.8) is 0 Å². The highest BCUT2D eigenvalue weighted by molar-refractivity contribution is 5.83. The van der Waals surface area contributed by atoms with E-state index in [-0.39, 0.29) is 17.4 Å². The predicted octanol–water partition coefficient (Wildman–Crippen LogP) is 2.96. The first-order valence-corrected chi connectivity index (χ1v) is 10.1. The Kier molecular flexibility index (Phi) is 5.72. The van der Waals surface area contributed by atoms with Crippen LogP contribution < -0.4 is 10.9 Å². The summed E-state index contributed by atoms with van der Waals surface area (Å²) in [5.41, 5.74) is 2.77. The number of carbonyl (C=O) groups is 1. The summed E-state index contributed by atoms with van der Waals surface area (Å²) >= 11 is 0. The molecule has 3 heterocycles. The van der Waals surface area contributed by atoms with Gasteiger partial charge in [0.05, 0.1) is 18.3 Å². The van der Waals surface area contributed by atoms with Crippen LogP contribution in [0.1, 0.15) is 42.8 Å². The number of aromatic nitrogens is 3. The van der Waals surface area contributed by atoms with Crippen LogP contribution in [-0.2, 0) is 16.0 Å². The second kappa shape index (κ2) is 8.59.